The van der Waals surface area contributed by atoms with Crippen molar-refractivity contribution in [3.8, 4) is 16.9 Å². The van der Waals surface area contributed by atoms with Crippen LogP contribution < -0.4 is 4.89 Å². The molecule has 1 heterocycles. The lowest BCUT2D eigenvalue weighted by molar-refractivity contribution is -0.215. The van der Waals surface area contributed by atoms with E-state index in [0.29, 0.717) is 12.4 Å². The Hall–Kier alpha value is -1.87. The summed E-state index contributed by atoms with van der Waals surface area (Å²) in [6.07, 6.45) is 0. The summed E-state index contributed by atoms with van der Waals surface area (Å²) in [5.74, 6) is 0.275. The van der Waals surface area contributed by atoms with Gasteiger partial charge in [0.25, 0.3) is 0 Å². The lowest BCUT2D eigenvalue weighted by Gasteiger charge is -2.07. The van der Waals surface area contributed by atoms with Crippen LogP contribution in [0.1, 0.15) is 11.1 Å². The van der Waals surface area contributed by atoms with Crippen LogP contribution in [0.15, 0.2) is 36.4 Å². The minimum absolute atomic E-state index is 0.276. The molecule has 0 N–H and O–H groups in total. The third-order valence-corrected chi connectivity index (χ3v) is 2.86. The monoisotopic (exact) mass is 230 g/mol. The number of benzene rings is 2. The van der Waals surface area contributed by atoms with Gasteiger partial charge in [-0.2, -0.15) is 4.89 Å². The summed E-state index contributed by atoms with van der Waals surface area (Å²) in [5, 5.41) is 0. The molecule has 0 radical (unpaired) electrons. The van der Waals surface area contributed by atoms with Crippen LogP contribution in [0.3, 0.4) is 0 Å². The standard InChI is InChI=1S/C14H11FO2/c1-9-2-3-10-8-16-17-14-5-4-11(15)7-13(14)12(10)6-9/h2-7H,8H2,1H3. The molecule has 0 aliphatic carbocycles. The predicted octanol–water partition coefficient (Wildman–Crippen LogP) is 3.63. The lowest BCUT2D eigenvalue weighted by Crippen LogP contribution is -1.94. The third-order valence-electron chi connectivity index (χ3n) is 2.86. The van der Waals surface area contributed by atoms with Crippen LogP contribution >= 0.6 is 0 Å². The van der Waals surface area contributed by atoms with Crippen molar-refractivity contribution in [1.29, 1.82) is 0 Å². The number of halogens is 1. The fourth-order valence-electron chi connectivity index (χ4n) is 2.01. The molecule has 0 saturated carbocycles. The molecule has 1 aliphatic heterocycles. The fraction of sp³-hybridized carbons (Fsp3) is 0.143. The predicted molar refractivity (Wildman–Crippen MR) is 62.0 cm³/mol. The van der Waals surface area contributed by atoms with E-state index >= 15 is 0 Å². The Balaban J connectivity index is 2.28. The minimum Gasteiger partial charge on any atom is -0.337 e. The van der Waals surface area contributed by atoms with Gasteiger partial charge in [-0.25, -0.2) is 4.39 Å². The first kappa shape index (κ1) is 10.3. The van der Waals surface area contributed by atoms with Crippen molar-refractivity contribution >= 4 is 0 Å². The Morgan fingerprint density at radius 3 is 2.82 bits per heavy atom. The molecule has 17 heavy (non-hydrogen) atoms. The van der Waals surface area contributed by atoms with Crippen LogP contribution in [0, 0.1) is 12.7 Å². The Morgan fingerprint density at radius 2 is 1.94 bits per heavy atom. The van der Waals surface area contributed by atoms with E-state index in [9.17, 15) is 4.39 Å². The molecule has 2 nitrogen and oxygen atoms in total. The zero-order chi connectivity index (χ0) is 11.8. The zero-order valence-electron chi connectivity index (χ0n) is 9.37. The molecule has 1 aliphatic rings. The summed E-state index contributed by atoms with van der Waals surface area (Å²) in [4.78, 5) is 10.3. The SMILES string of the molecule is Cc1ccc2c(c1)-c1cc(F)ccc1OOC2. The Bertz CT molecular complexity index is 527. The first-order chi connectivity index (χ1) is 8.24. The highest BCUT2D eigenvalue weighted by Gasteiger charge is 2.17. The Morgan fingerprint density at radius 1 is 1.06 bits per heavy atom. The van der Waals surface area contributed by atoms with E-state index in [4.69, 9.17) is 9.78 Å². The molecule has 0 saturated heterocycles. The summed E-state index contributed by atoms with van der Waals surface area (Å²) in [6, 6.07) is 10.4. The maximum absolute atomic E-state index is 13.3. The van der Waals surface area contributed by atoms with Crippen molar-refractivity contribution in [2.24, 2.45) is 0 Å². The molecule has 0 aromatic heterocycles. The van der Waals surface area contributed by atoms with E-state index in [2.05, 4.69) is 0 Å². The van der Waals surface area contributed by atoms with Crippen LogP contribution in [-0.2, 0) is 11.5 Å². The highest BCUT2D eigenvalue weighted by Crippen LogP contribution is 2.36. The topological polar surface area (TPSA) is 18.5 Å². The van der Waals surface area contributed by atoms with Gasteiger partial charge in [0.15, 0.2) is 5.75 Å². The molecule has 3 rings (SSSR count). The quantitative estimate of drug-likeness (QED) is 0.643. The molecule has 0 spiro atoms. The molecule has 2 aromatic rings. The summed E-state index contributed by atoms with van der Waals surface area (Å²) in [7, 11) is 0. The highest BCUT2D eigenvalue weighted by molar-refractivity contribution is 5.74. The van der Waals surface area contributed by atoms with Gasteiger partial charge in [-0.1, -0.05) is 23.8 Å². The van der Waals surface area contributed by atoms with Crippen molar-refractivity contribution in [3.05, 3.63) is 53.3 Å². The van der Waals surface area contributed by atoms with Gasteiger partial charge in [0, 0.05) is 5.56 Å². The third kappa shape index (κ3) is 1.78. The molecular weight excluding hydrogens is 219 g/mol. The molecule has 2 aromatic carbocycles. The van der Waals surface area contributed by atoms with Gasteiger partial charge in [-0.05, 0) is 36.2 Å². The number of hydrogen-bond donors (Lipinski definition) is 0. The van der Waals surface area contributed by atoms with E-state index in [-0.39, 0.29) is 5.82 Å². The van der Waals surface area contributed by atoms with Gasteiger partial charge in [-0.15, -0.1) is 0 Å². The minimum atomic E-state index is -0.276. The van der Waals surface area contributed by atoms with E-state index < -0.39 is 0 Å². The molecule has 86 valence electrons. The van der Waals surface area contributed by atoms with E-state index in [1.165, 1.54) is 12.1 Å². The van der Waals surface area contributed by atoms with Gasteiger partial charge in [0.05, 0.1) is 0 Å². The Labute approximate surface area is 98.5 Å². The van der Waals surface area contributed by atoms with E-state index in [1.807, 2.05) is 25.1 Å². The molecule has 0 atom stereocenters. The van der Waals surface area contributed by atoms with Gasteiger partial charge < -0.3 is 4.89 Å². The maximum atomic E-state index is 13.3. The van der Waals surface area contributed by atoms with Crippen LogP contribution in [-0.4, -0.2) is 0 Å². The molecule has 3 heteroatoms. The second-order valence-corrected chi connectivity index (χ2v) is 4.15. The van der Waals surface area contributed by atoms with Crippen LogP contribution in [0.5, 0.6) is 5.75 Å². The first-order valence-electron chi connectivity index (χ1n) is 5.43. The van der Waals surface area contributed by atoms with E-state index in [0.717, 1.165) is 22.3 Å². The first-order valence-corrected chi connectivity index (χ1v) is 5.43. The van der Waals surface area contributed by atoms with Crippen molar-refractivity contribution < 1.29 is 14.2 Å². The summed E-state index contributed by atoms with van der Waals surface area (Å²) in [6.45, 7) is 2.37. The normalized spacial score (nSPS) is 13.3. The van der Waals surface area contributed by atoms with Gasteiger partial charge in [0.1, 0.15) is 12.4 Å². The molecular formula is C14H11FO2. The fourth-order valence-corrected chi connectivity index (χ4v) is 2.01. The smallest absolute Gasteiger partial charge is 0.173 e. The van der Waals surface area contributed by atoms with Crippen LogP contribution in [0.25, 0.3) is 11.1 Å². The van der Waals surface area contributed by atoms with Crippen LogP contribution in [0.4, 0.5) is 4.39 Å². The number of aryl methyl sites for hydroxylation is 1. The second kappa shape index (κ2) is 3.86. The lowest BCUT2D eigenvalue weighted by atomic mass is 9.97. The summed E-state index contributed by atoms with van der Waals surface area (Å²) < 4.78 is 13.3. The van der Waals surface area contributed by atoms with Crippen molar-refractivity contribution in [2.75, 3.05) is 0 Å². The largest absolute Gasteiger partial charge is 0.337 e. The van der Waals surface area contributed by atoms with Crippen molar-refractivity contribution in [1.82, 2.24) is 0 Å². The number of fused-ring (bicyclic) bond motifs is 3. The Kier molecular flexibility index (Phi) is 2.34. The number of rotatable bonds is 0. The number of hydrogen-bond acceptors (Lipinski definition) is 2. The van der Waals surface area contributed by atoms with Gasteiger partial charge in [0.2, 0.25) is 0 Å². The van der Waals surface area contributed by atoms with Gasteiger partial charge in [-0.3, -0.25) is 0 Å². The summed E-state index contributed by atoms with van der Waals surface area (Å²) in [5.41, 5.74) is 3.83. The second-order valence-electron chi connectivity index (χ2n) is 4.15. The molecule has 0 fully saturated rings. The average Bonchev–Trinajstić information content (AvgIpc) is 2.48. The van der Waals surface area contributed by atoms with E-state index in [1.54, 1.807) is 6.07 Å². The maximum Gasteiger partial charge on any atom is 0.173 e. The molecule has 0 bridgehead atoms. The average molecular weight is 230 g/mol. The van der Waals surface area contributed by atoms with Gasteiger partial charge >= 0.3 is 0 Å². The van der Waals surface area contributed by atoms with Crippen molar-refractivity contribution in [3.63, 3.8) is 0 Å². The zero-order valence-corrected chi connectivity index (χ0v) is 9.37. The molecule has 0 unspecified atom stereocenters. The highest BCUT2D eigenvalue weighted by atomic mass is 19.1. The van der Waals surface area contributed by atoms with Crippen LogP contribution in [0.2, 0.25) is 0 Å². The van der Waals surface area contributed by atoms with Crippen molar-refractivity contribution in [2.45, 2.75) is 13.5 Å². The molecule has 0 amide bonds. The summed E-state index contributed by atoms with van der Waals surface area (Å²) >= 11 is 0.